The number of nitrogens with one attached hydrogen (secondary N) is 1. The fourth-order valence-electron chi connectivity index (χ4n) is 7.68. The molecule has 1 N–H and O–H groups in total. The minimum atomic E-state index is -0.365. The number of aryl methyl sites for hydroxylation is 1. The van der Waals surface area contributed by atoms with Crippen molar-refractivity contribution in [1.82, 2.24) is 9.80 Å². The van der Waals surface area contributed by atoms with E-state index in [9.17, 15) is 9.59 Å². The first-order chi connectivity index (χ1) is 22.8. The third-order valence-corrected chi connectivity index (χ3v) is 9.97. The van der Waals surface area contributed by atoms with Crippen molar-refractivity contribution in [1.29, 1.82) is 0 Å². The number of allylic oxidation sites excluding steroid dienone is 1. The van der Waals surface area contributed by atoms with Gasteiger partial charge >= 0.3 is 0 Å². The third kappa shape index (κ3) is 6.35. The van der Waals surface area contributed by atoms with Crippen molar-refractivity contribution < 1.29 is 9.59 Å². The molecule has 4 aromatic carbocycles. The molecule has 0 radical (unpaired) electrons. The summed E-state index contributed by atoms with van der Waals surface area (Å²) in [5.41, 5.74) is 8.21. The first kappa shape index (κ1) is 30.9. The number of nitrogens with zero attached hydrogens (tertiary/aromatic N) is 3. The number of anilines is 2. The molecule has 1 unspecified atom stereocenters. The van der Waals surface area contributed by atoms with Crippen LogP contribution in [0.1, 0.15) is 61.0 Å². The largest absolute Gasteiger partial charge is 0.357 e. The van der Waals surface area contributed by atoms with E-state index in [-0.39, 0.29) is 35.7 Å². The van der Waals surface area contributed by atoms with Gasteiger partial charge in [-0.15, -0.1) is 0 Å². The summed E-state index contributed by atoms with van der Waals surface area (Å²) in [5, 5.41) is 3.68. The Morgan fingerprint density at radius 1 is 0.787 bits per heavy atom. The van der Waals surface area contributed by atoms with E-state index in [1.165, 1.54) is 11.1 Å². The number of hydrogen-bond acceptors (Lipinski definition) is 5. The number of benzene rings is 4. The molecule has 0 spiro atoms. The van der Waals surface area contributed by atoms with Gasteiger partial charge in [0.2, 0.25) is 5.91 Å². The Hall–Kier alpha value is -4.68. The molecule has 47 heavy (non-hydrogen) atoms. The number of fused-ring (bicyclic) bond motifs is 1. The number of Topliss-reactive ketones (excluding diaryl/α,β-unsaturated/α-hetero) is 1. The number of rotatable bonds is 6. The average Bonchev–Trinajstić information content (AvgIpc) is 3.20. The molecule has 1 atom stereocenters. The second-order valence-corrected chi connectivity index (χ2v) is 14.1. The fraction of sp³-hybridized carbons (Fsp3) is 0.317. The normalized spacial score (nSPS) is 19.6. The van der Waals surface area contributed by atoms with Crippen molar-refractivity contribution in [3.63, 3.8) is 0 Å². The summed E-state index contributed by atoms with van der Waals surface area (Å²) in [5.74, 6) is 0.237. The molecule has 2 heterocycles. The average molecular weight is 625 g/mol. The topological polar surface area (TPSA) is 55.9 Å². The Bertz CT molecular complexity index is 1730. The molecule has 1 aliphatic carbocycles. The second-order valence-electron chi connectivity index (χ2n) is 14.1. The minimum Gasteiger partial charge on any atom is -0.357 e. The number of piperazine rings is 1. The van der Waals surface area contributed by atoms with Gasteiger partial charge < -0.3 is 15.1 Å². The second kappa shape index (κ2) is 12.8. The van der Waals surface area contributed by atoms with Crippen molar-refractivity contribution in [2.75, 3.05) is 42.9 Å². The van der Waals surface area contributed by atoms with Gasteiger partial charge in [0, 0.05) is 43.9 Å². The van der Waals surface area contributed by atoms with Crippen molar-refractivity contribution in [3.8, 4) is 0 Å². The Labute approximate surface area is 278 Å². The van der Waals surface area contributed by atoms with Crippen molar-refractivity contribution >= 4 is 23.1 Å². The van der Waals surface area contributed by atoms with E-state index < -0.39 is 0 Å². The predicted molar refractivity (Wildman–Crippen MR) is 189 cm³/mol. The van der Waals surface area contributed by atoms with E-state index in [2.05, 4.69) is 133 Å². The third-order valence-electron chi connectivity index (χ3n) is 9.97. The van der Waals surface area contributed by atoms with E-state index in [0.29, 0.717) is 19.5 Å². The highest BCUT2D eigenvalue weighted by molar-refractivity contribution is 6.02. The standard InChI is InChI=1S/C41H44N4O2/c1-29-18-20-32(21-19-29)40-38-34(26-41(2,3)27-36(38)46)42-33-16-10-11-17-35(33)45(40)28-37(47)43-22-24-44(25-23-43)39(30-12-6-4-7-13-30)31-14-8-5-9-15-31/h4-21,39-40,42H,22-28H2,1-3H3. The molecule has 0 aromatic heterocycles. The van der Waals surface area contributed by atoms with Gasteiger partial charge in [-0.05, 0) is 47.6 Å². The quantitative estimate of drug-likeness (QED) is 0.240. The van der Waals surface area contributed by atoms with Crippen LogP contribution in [0.4, 0.5) is 11.4 Å². The number of carbonyl (C=O) groups excluding carboxylic acids is 2. The molecule has 1 saturated heterocycles. The summed E-state index contributed by atoms with van der Waals surface area (Å²) in [6.07, 6.45) is 1.26. The van der Waals surface area contributed by atoms with E-state index in [1.807, 2.05) is 17.0 Å². The van der Waals surface area contributed by atoms with Crippen molar-refractivity contribution in [3.05, 3.63) is 143 Å². The van der Waals surface area contributed by atoms with Crippen LogP contribution in [0.5, 0.6) is 0 Å². The first-order valence-corrected chi connectivity index (χ1v) is 16.8. The van der Waals surface area contributed by atoms with Crippen LogP contribution in [0.2, 0.25) is 0 Å². The Balaban J connectivity index is 1.19. The van der Waals surface area contributed by atoms with Gasteiger partial charge in [0.25, 0.3) is 0 Å². The van der Waals surface area contributed by atoms with Crippen LogP contribution in [0.15, 0.2) is 120 Å². The lowest BCUT2D eigenvalue weighted by atomic mass is 9.73. The summed E-state index contributed by atoms with van der Waals surface area (Å²) in [4.78, 5) is 35.0. The smallest absolute Gasteiger partial charge is 0.242 e. The fourth-order valence-corrected chi connectivity index (χ4v) is 7.68. The summed E-state index contributed by atoms with van der Waals surface area (Å²) < 4.78 is 0. The van der Waals surface area contributed by atoms with Crippen LogP contribution in [0.3, 0.4) is 0 Å². The maximum absolute atomic E-state index is 14.3. The first-order valence-electron chi connectivity index (χ1n) is 16.8. The highest BCUT2D eigenvalue weighted by Crippen LogP contribution is 2.48. The van der Waals surface area contributed by atoms with E-state index >= 15 is 0 Å². The molecular weight excluding hydrogens is 580 g/mol. The van der Waals surface area contributed by atoms with Crippen LogP contribution in [-0.4, -0.2) is 54.2 Å². The Morgan fingerprint density at radius 3 is 2.02 bits per heavy atom. The van der Waals surface area contributed by atoms with Crippen molar-refractivity contribution in [2.24, 2.45) is 5.41 Å². The summed E-state index contributed by atoms with van der Waals surface area (Å²) in [7, 11) is 0. The lowest BCUT2D eigenvalue weighted by Crippen LogP contribution is -2.52. The number of ketones is 1. The lowest BCUT2D eigenvalue weighted by Gasteiger charge is -2.41. The van der Waals surface area contributed by atoms with Crippen molar-refractivity contribution in [2.45, 2.75) is 45.7 Å². The molecule has 7 rings (SSSR count). The number of amides is 1. The van der Waals surface area contributed by atoms with Gasteiger partial charge in [0.15, 0.2) is 5.78 Å². The lowest BCUT2D eigenvalue weighted by molar-refractivity contribution is -0.131. The monoisotopic (exact) mass is 624 g/mol. The van der Waals surface area contributed by atoms with Gasteiger partial charge in [-0.25, -0.2) is 0 Å². The molecule has 2 aliphatic heterocycles. The summed E-state index contributed by atoms with van der Waals surface area (Å²) in [6, 6.07) is 37.7. The van der Waals surface area contributed by atoms with Gasteiger partial charge in [-0.1, -0.05) is 116 Å². The zero-order valence-electron chi connectivity index (χ0n) is 27.7. The molecule has 6 heteroatoms. The van der Waals surface area contributed by atoms with Crippen LogP contribution >= 0.6 is 0 Å². The molecule has 1 fully saturated rings. The highest BCUT2D eigenvalue weighted by atomic mass is 16.2. The van der Waals surface area contributed by atoms with Crippen LogP contribution < -0.4 is 10.2 Å². The zero-order valence-corrected chi connectivity index (χ0v) is 27.7. The highest BCUT2D eigenvalue weighted by Gasteiger charge is 2.42. The molecule has 0 saturated carbocycles. The van der Waals surface area contributed by atoms with Gasteiger partial charge in [-0.2, -0.15) is 0 Å². The van der Waals surface area contributed by atoms with Crippen LogP contribution in [-0.2, 0) is 9.59 Å². The van der Waals surface area contributed by atoms with Gasteiger partial charge in [0.1, 0.15) is 0 Å². The van der Waals surface area contributed by atoms with Gasteiger partial charge in [-0.3, -0.25) is 14.5 Å². The summed E-state index contributed by atoms with van der Waals surface area (Å²) >= 11 is 0. The molecular formula is C41H44N4O2. The SMILES string of the molecule is Cc1ccc(C2C3=C(CC(C)(C)CC3=O)Nc3ccccc3N2CC(=O)N2CCN(C(c3ccccc3)c3ccccc3)CC2)cc1. The zero-order chi connectivity index (χ0) is 32.5. The summed E-state index contributed by atoms with van der Waals surface area (Å²) in [6.45, 7) is 9.45. The molecule has 1 amide bonds. The molecule has 240 valence electrons. The number of hydrogen-bond donors (Lipinski definition) is 1. The number of para-hydroxylation sites is 2. The molecule has 0 bridgehead atoms. The van der Waals surface area contributed by atoms with Gasteiger partial charge in [0.05, 0.1) is 30.0 Å². The van der Waals surface area contributed by atoms with Crippen LogP contribution in [0.25, 0.3) is 0 Å². The molecule has 3 aliphatic rings. The van der Waals surface area contributed by atoms with Crippen LogP contribution in [0, 0.1) is 12.3 Å². The predicted octanol–water partition coefficient (Wildman–Crippen LogP) is 7.55. The molecule has 4 aromatic rings. The van der Waals surface area contributed by atoms with E-state index in [1.54, 1.807) is 0 Å². The minimum absolute atomic E-state index is 0.0835. The Morgan fingerprint density at radius 2 is 1.38 bits per heavy atom. The maximum Gasteiger partial charge on any atom is 0.242 e. The van der Waals surface area contributed by atoms with E-state index in [0.717, 1.165) is 53.3 Å². The Kier molecular flexibility index (Phi) is 8.46. The number of carbonyl (C=O) groups is 2. The maximum atomic E-state index is 14.3. The molecule has 6 nitrogen and oxygen atoms in total. The van der Waals surface area contributed by atoms with E-state index in [4.69, 9.17) is 0 Å².